The molecule has 0 saturated heterocycles. The number of alkyl halides is 6. The molecule has 8 heteroatoms. The maximum absolute atomic E-state index is 12.6. The fourth-order valence-electron chi connectivity index (χ4n) is 1.44. The van der Waals surface area contributed by atoms with Crippen LogP contribution in [-0.2, 0) is 12.7 Å². The summed E-state index contributed by atoms with van der Waals surface area (Å²) in [5.74, 6) is -0.368. The van der Waals surface area contributed by atoms with Gasteiger partial charge < -0.3 is 10.1 Å². The maximum Gasteiger partial charge on any atom is 0.419 e. The third-order valence-electron chi connectivity index (χ3n) is 2.22. The fraction of sp³-hybridized carbons (Fsp3) is 0.455. The van der Waals surface area contributed by atoms with Crippen LogP contribution in [0.2, 0.25) is 0 Å². The van der Waals surface area contributed by atoms with Crippen molar-refractivity contribution in [2.75, 3.05) is 13.7 Å². The summed E-state index contributed by atoms with van der Waals surface area (Å²) in [6.07, 6.45) is -9.02. The van der Waals surface area contributed by atoms with Gasteiger partial charge in [0.25, 0.3) is 0 Å². The fourth-order valence-corrected chi connectivity index (χ4v) is 1.44. The van der Waals surface area contributed by atoms with E-state index in [0.717, 1.165) is 19.2 Å². The van der Waals surface area contributed by atoms with Crippen LogP contribution < -0.4 is 10.1 Å². The molecule has 0 bridgehead atoms. The molecular weight excluding hydrogens is 276 g/mol. The molecule has 2 nitrogen and oxygen atoms in total. The Morgan fingerprint density at radius 2 is 1.74 bits per heavy atom. The van der Waals surface area contributed by atoms with Crippen LogP contribution in [0.4, 0.5) is 26.3 Å². The normalized spacial score (nSPS) is 12.6. The molecule has 0 spiro atoms. The Balaban J connectivity index is 2.82. The monoisotopic (exact) mass is 287 g/mol. The van der Waals surface area contributed by atoms with Crippen molar-refractivity contribution in [2.24, 2.45) is 0 Å². The van der Waals surface area contributed by atoms with E-state index in [1.807, 2.05) is 5.32 Å². The first kappa shape index (κ1) is 15.6. The van der Waals surface area contributed by atoms with Crippen LogP contribution in [0.3, 0.4) is 0 Å². The third kappa shape index (κ3) is 4.98. The van der Waals surface area contributed by atoms with Gasteiger partial charge in [0.2, 0.25) is 0 Å². The predicted molar refractivity (Wildman–Crippen MR) is 55.8 cm³/mol. The molecule has 1 rings (SSSR count). The lowest BCUT2D eigenvalue weighted by molar-refractivity contribution is -0.139. The van der Waals surface area contributed by atoms with Crippen LogP contribution in [-0.4, -0.2) is 19.8 Å². The van der Waals surface area contributed by atoms with Gasteiger partial charge in [0.1, 0.15) is 5.75 Å². The van der Waals surface area contributed by atoms with Crippen molar-refractivity contribution in [3.05, 3.63) is 29.3 Å². The molecule has 0 radical (unpaired) electrons. The highest BCUT2D eigenvalue weighted by molar-refractivity contribution is 5.39. The van der Waals surface area contributed by atoms with Crippen LogP contribution in [0.1, 0.15) is 11.1 Å². The Bertz CT molecular complexity index is 426. The molecule has 0 atom stereocenters. The maximum atomic E-state index is 12.6. The largest absolute Gasteiger partial charge is 0.496 e. The lowest BCUT2D eigenvalue weighted by Gasteiger charge is -2.14. The van der Waals surface area contributed by atoms with E-state index in [1.165, 1.54) is 6.07 Å². The van der Waals surface area contributed by atoms with E-state index in [2.05, 4.69) is 4.74 Å². The lowest BCUT2D eigenvalue weighted by Crippen LogP contribution is -2.28. The number of methoxy groups -OCH3 is 1. The van der Waals surface area contributed by atoms with Gasteiger partial charge in [0.15, 0.2) is 0 Å². The van der Waals surface area contributed by atoms with Crippen LogP contribution in [0, 0.1) is 0 Å². The Morgan fingerprint density at radius 1 is 1.11 bits per heavy atom. The Labute approximate surface area is 105 Å². The molecule has 19 heavy (non-hydrogen) atoms. The topological polar surface area (TPSA) is 21.3 Å². The highest BCUT2D eigenvalue weighted by Crippen LogP contribution is 2.36. The highest BCUT2D eigenvalue weighted by atomic mass is 19.4. The number of benzene rings is 1. The minimum absolute atomic E-state index is 0.0948. The molecule has 0 saturated carbocycles. The summed E-state index contributed by atoms with van der Waals surface area (Å²) >= 11 is 0. The van der Waals surface area contributed by atoms with Crippen molar-refractivity contribution < 1.29 is 31.1 Å². The second-order valence-corrected chi connectivity index (χ2v) is 3.75. The zero-order chi connectivity index (χ0) is 14.7. The minimum Gasteiger partial charge on any atom is -0.496 e. The van der Waals surface area contributed by atoms with Crippen molar-refractivity contribution in [1.29, 1.82) is 0 Å². The molecule has 0 heterocycles. The molecule has 1 aromatic carbocycles. The van der Waals surface area contributed by atoms with Crippen LogP contribution in [0.15, 0.2) is 18.2 Å². The lowest BCUT2D eigenvalue weighted by atomic mass is 10.1. The SMILES string of the molecule is COc1ccc(CNCC(F)(F)F)cc1C(F)(F)F. The molecule has 0 amide bonds. The second kappa shape index (κ2) is 5.68. The van der Waals surface area contributed by atoms with Gasteiger partial charge in [0, 0.05) is 6.54 Å². The third-order valence-corrected chi connectivity index (χ3v) is 2.22. The van der Waals surface area contributed by atoms with Gasteiger partial charge in [-0.3, -0.25) is 0 Å². The second-order valence-electron chi connectivity index (χ2n) is 3.75. The van der Waals surface area contributed by atoms with Gasteiger partial charge in [0.05, 0.1) is 19.2 Å². The Kier molecular flexibility index (Phi) is 4.67. The summed E-state index contributed by atoms with van der Waals surface area (Å²) in [5.41, 5.74) is -0.918. The van der Waals surface area contributed by atoms with E-state index in [4.69, 9.17) is 0 Å². The van der Waals surface area contributed by atoms with Gasteiger partial charge in [-0.15, -0.1) is 0 Å². The average Bonchev–Trinajstić information content (AvgIpc) is 2.26. The molecular formula is C11H11F6NO. The first-order valence-corrected chi connectivity index (χ1v) is 5.15. The van der Waals surface area contributed by atoms with E-state index >= 15 is 0 Å². The van der Waals surface area contributed by atoms with E-state index < -0.39 is 24.5 Å². The number of nitrogens with one attached hydrogen (secondary N) is 1. The van der Waals surface area contributed by atoms with E-state index in [1.54, 1.807) is 0 Å². The molecule has 0 aliphatic rings. The first-order valence-electron chi connectivity index (χ1n) is 5.15. The highest BCUT2D eigenvalue weighted by Gasteiger charge is 2.34. The number of rotatable bonds is 4. The molecule has 1 N–H and O–H groups in total. The smallest absolute Gasteiger partial charge is 0.419 e. The molecule has 0 aliphatic carbocycles. The van der Waals surface area contributed by atoms with Crippen LogP contribution >= 0.6 is 0 Å². The summed E-state index contributed by atoms with van der Waals surface area (Å²) < 4.78 is 78.2. The van der Waals surface area contributed by atoms with Gasteiger partial charge >= 0.3 is 12.4 Å². The predicted octanol–water partition coefficient (Wildman–Crippen LogP) is 3.37. The van der Waals surface area contributed by atoms with Crippen LogP contribution in [0.25, 0.3) is 0 Å². The van der Waals surface area contributed by atoms with Crippen molar-refractivity contribution in [1.82, 2.24) is 5.32 Å². The number of halogens is 6. The van der Waals surface area contributed by atoms with Crippen molar-refractivity contribution in [3.63, 3.8) is 0 Å². The molecule has 0 fully saturated rings. The van der Waals surface area contributed by atoms with E-state index in [0.29, 0.717) is 0 Å². The molecule has 0 unspecified atom stereocenters. The number of ether oxygens (including phenoxy) is 1. The molecule has 108 valence electrons. The Hall–Kier alpha value is -1.44. The summed E-state index contributed by atoms with van der Waals surface area (Å²) in [5, 5.41) is 2.02. The number of hydrogen-bond donors (Lipinski definition) is 1. The van der Waals surface area contributed by atoms with Gasteiger partial charge in [-0.05, 0) is 17.7 Å². The van der Waals surface area contributed by atoms with Gasteiger partial charge in [-0.25, -0.2) is 0 Å². The zero-order valence-electron chi connectivity index (χ0n) is 9.82. The molecule has 0 aromatic heterocycles. The molecule has 0 aliphatic heterocycles. The van der Waals surface area contributed by atoms with Crippen LogP contribution in [0.5, 0.6) is 5.75 Å². The standard InChI is InChI=1S/C11H11F6NO/c1-19-9-3-2-7(4-8(9)11(15,16)17)5-18-6-10(12,13)14/h2-4,18H,5-6H2,1H3. The minimum atomic E-state index is -4.62. The van der Waals surface area contributed by atoms with E-state index in [-0.39, 0.29) is 17.9 Å². The van der Waals surface area contributed by atoms with Gasteiger partial charge in [-0.2, -0.15) is 26.3 Å². The molecule has 1 aromatic rings. The number of hydrogen-bond acceptors (Lipinski definition) is 2. The van der Waals surface area contributed by atoms with Crippen molar-refractivity contribution in [2.45, 2.75) is 18.9 Å². The zero-order valence-corrected chi connectivity index (χ0v) is 9.82. The average molecular weight is 287 g/mol. The van der Waals surface area contributed by atoms with E-state index in [9.17, 15) is 26.3 Å². The summed E-state index contributed by atoms with van der Waals surface area (Å²) in [6, 6.07) is 3.12. The first-order chi connectivity index (χ1) is 8.63. The summed E-state index contributed by atoms with van der Waals surface area (Å²) in [6.45, 7) is -1.58. The summed E-state index contributed by atoms with van der Waals surface area (Å²) in [7, 11) is 1.09. The quantitative estimate of drug-likeness (QED) is 0.857. The van der Waals surface area contributed by atoms with Crippen molar-refractivity contribution >= 4 is 0 Å². The van der Waals surface area contributed by atoms with Gasteiger partial charge in [-0.1, -0.05) is 6.07 Å². The summed E-state index contributed by atoms with van der Waals surface area (Å²) in [4.78, 5) is 0. The van der Waals surface area contributed by atoms with Crippen molar-refractivity contribution in [3.8, 4) is 5.75 Å². The Morgan fingerprint density at radius 3 is 2.21 bits per heavy atom.